The van der Waals surface area contributed by atoms with E-state index >= 15 is 0 Å². The molecule has 1 amide bonds. The fourth-order valence-electron chi connectivity index (χ4n) is 4.16. The number of carbonyl (C=O) groups is 1. The van der Waals surface area contributed by atoms with Gasteiger partial charge >= 0.3 is 0 Å². The Hall–Kier alpha value is -2.32. The van der Waals surface area contributed by atoms with Crippen molar-refractivity contribution in [2.24, 2.45) is 0 Å². The van der Waals surface area contributed by atoms with Crippen molar-refractivity contribution in [3.63, 3.8) is 0 Å². The van der Waals surface area contributed by atoms with E-state index in [0.29, 0.717) is 33.9 Å². The van der Waals surface area contributed by atoms with Crippen molar-refractivity contribution in [1.82, 2.24) is 9.47 Å². The zero-order valence-electron chi connectivity index (χ0n) is 17.9. The average molecular weight is 499 g/mol. The van der Waals surface area contributed by atoms with Crippen LogP contribution in [0.15, 0.2) is 59.6 Å². The Morgan fingerprint density at radius 1 is 1.21 bits per heavy atom. The molecular formula is C25H23ClN2O3S2. The number of rotatable bonds is 7. The number of para-hydroxylation sites is 1. The Kier molecular flexibility index (Phi) is 6.74. The highest BCUT2D eigenvalue weighted by molar-refractivity contribution is 8.26. The van der Waals surface area contributed by atoms with Crippen LogP contribution in [-0.4, -0.2) is 45.6 Å². The number of thioether (sulfide) groups is 1. The highest BCUT2D eigenvalue weighted by Crippen LogP contribution is 2.35. The number of nitrogens with zero attached hydrogens (tertiary/aromatic N) is 2. The van der Waals surface area contributed by atoms with Crippen LogP contribution < -0.4 is 4.74 Å². The first kappa shape index (κ1) is 22.5. The highest BCUT2D eigenvalue weighted by atomic mass is 35.5. The zero-order chi connectivity index (χ0) is 22.8. The monoisotopic (exact) mass is 498 g/mol. The average Bonchev–Trinajstić information content (AvgIpc) is 3.52. The van der Waals surface area contributed by atoms with Crippen LogP contribution in [0.3, 0.4) is 0 Å². The van der Waals surface area contributed by atoms with Crippen LogP contribution in [-0.2, 0) is 16.1 Å². The number of fused-ring (bicyclic) bond motifs is 1. The van der Waals surface area contributed by atoms with Crippen molar-refractivity contribution in [1.29, 1.82) is 0 Å². The number of hydrogen-bond donors (Lipinski definition) is 0. The molecule has 0 N–H and O–H groups in total. The van der Waals surface area contributed by atoms with Crippen molar-refractivity contribution < 1.29 is 14.3 Å². The molecule has 0 radical (unpaired) electrons. The maximum Gasteiger partial charge on any atom is 0.266 e. The molecule has 0 bridgehead atoms. The summed E-state index contributed by atoms with van der Waals surface area (Å²) in [5.74, 6) is 0.745. The molecule has 0 unspecified atom stereocenters. The smallest absolute Gasteiger partial charge is 0.266 e. The standard InChI is InChI=1S/C25H23ClN2O3S2/c26-18-7-9-19(10-8-18)31-13-11-27-15-17(21-5-1-2-6-22(21)27)14-23-24(29)28(25(32)33-23)16-20-4-3-12-30-20/h1-2,5-10,14-15,20H,3-4,11-13,16H2/b23-14-/t20-/m0/s1. The molecule has 2 saturated heterocycles. The summed E-state index contributed by atoms with van der Waals surface area (Å²) >= 11 is 12.8. The summed E-state index contributed by atoms with van der Waals surface area (Å²) in [5.41, 5.74) is 2.09. The number of carbonyl (C=O) groups excluding carboxylic acids is 1. The molecule has 3 heterocycles. The summed E-state index contributed by atoms with van der Waals surface area (Å²) in [6.45, 7) is 2.49. The molecule has 33 heavy (non-hydrogen) atoms. The first-order chi connectivity index (χ1) is 16.1. The normalized spacial score (nSPS) is 19.8. The van der Waals surface area contributed by atoms with E-state index in [1.807, 2.05) is 42.5 Å². The second kappa shape index (κ2) is 9.89. The number of hydrogen-bond acceptors (Lipinski definition) is 5. The van der Waals surface area contributed by atoms with Gasteiger partial charge in [-0.15, -0.1) is 0 Å². The third-order valence-electron chi connectivity index (χ3n) is 5.80. The van der Waals surface area contributed by atoms with Gasteiger partial charge in [0.1, 0.15) is 16.7 Å². The molecule has 170 valence electrons. The maximum absolute atomic E-state index is 13.1. The van der Waals surface area contributed by atoms with E-state index in [9.17, 15) is 4.79 Å². The van der Waals surface area contributed by atoms with Gasteiger partial charge in [-0.2, -0.15) is 0 Å². The molecule has 5 nitrogen and oxygen atoms in total. The molecule has 0 saturated carbocycles. The number of halogens is 1. The van der Waals surface area contributed by atoms with E-state index in [1.54, 1.807) is 4.90 Å². The van der Waals surface area contributed by atoms with Crippen molar-refractivity contribution >= 4 is 62.8 Å². The van der Waals surface area contributed by atoms with Gasteiger partial charge in [-0.25, -0.2) is 0 Å². The van der Waals surface area contributed by atoms with Crippen molar-refractivity contribution in [3.8, 4) is 5.75 Å². The fraction of sp³-hybridized carbons (Fsp3) is 0.280. The quantitative estimate of drug-likeness (QED) is 0.306. The molecule has 2 fully saturated rings. The molecule has 0 aliphatic carbocycles. The molecule has 5 rings (SSSR count). The Labute approximate surface area is 207 Å². The summed E-state index contributed by atoms with van der Waals surface area (Å²) < 4.78 is 14.3. The topological polar surface area (TPSA) is 43.7 Å². The Balaban J connectivity index is 1.34. The predicted octanol–water partition coefficient (Wildman–Crippen LogP) is 5.75. The van der Waals surface area contributed by atoms with Gasteiger partial charge in [0.25, 0.3) is 5.91 Å². The summed E-state index contributed by atoms with van der Waals surface area (Å²) in [5, 5.41) is 1.78. The van der Waals surface area contributed by atoms with Gasteiger partial charge in [-0.05, 0) is 49.2 Å². The van der Waals surface area contributed by atoms with E-state index < -0.39 is 0 Å². The molecule has 8 heteroatoms. The molecule has 1 atom stereocenters. The van der Waals surface area contributed by atoms with Crippen LogP contribution in [0.5, 0.6) is 5.75 Å². The molecule has 1 aromatic heterocycles. The lowest BCUT2D eigenvalue weighted by Gasteiger charge is -2.18. The Morgan fingerprint density at radius 2 is 2.03 bits per heavy atom. The van der Waals surface area contributed by atoms with Gasteiger partial charge in [-0.1, -0.05) is 53.8 Å². The van der Waals surface area contributed by atoms with Crippen LogP contribution >= 0.6 is 35.6 Å². The second-order valence-electron chi connectivity index (χ2n) is 8.02. The number of benzene rings is 2. The Morgan fingerprint density at radius 3 is 2.82 bits per heavy atom. The van der Waals surface area contributed by atoms with Gasteiger partial charge in [0, 0.05) is 34.3 Å². The lowest BCUT2D eigenvalue weighted by atomic mass is 10.1. The summed E-state index contributed by atoms with van der Waals surface area (Å²) in [4.78, 5) is 15.4. The van der Waals surface area contributed by atoms with Gasteiger partial charge in [-0.3, -0.25) is 9.69 Å². The first-order valence-corrected chi connectivity index (χ1v) is 12.5. The summed E-state index contributed by atoms with van der Waals surface area (Å²) in [6, 6.07) is 15.5. The SMILES string of the molecule is O=C1/C(=C/c2cn(CCOc3ccc(Cl)cc3)c3ccccc23)SC(=S)N1C[C@@H]1CCCO1. The summed E-state index contributed by atoms with van der Waals surface area (Å²) in [6.07, 6.45) is 6.11. The number of thiocarbonyl (C=S) groups is 1. The van der Waals surface area contributed by atoms with Crippen molar-refractivity contribution in [3.05, 3.63) is 70.2 Å². The lowest BCUT2D eigenvalue weighted by Crippen LogP contribution is -2.35. The third kappa shape index (κ3) is 4.96. The van der Waals surface area contributed by atoms with Crippen LogP contribution in [0.25, 0.3) is 17.0 Å². The van der Waals surface area contributed by atoms with Gasteiger partial charge < -0.3 is 14.0 Å². The van der Waals surface area contributed by atoms with E-state index in [4.69, 9.17) is 33.3 Å². The number of ether oxygens (including phenoxy) is 2. The molecule has 2 aliphatic heterocycles. The minimum absolute atomic E-state index is 0.0385. The predicted molar refractivity (Wildman–Crippen MR) is 138 cm³/mol. The largest absolute Gasteiger partial charge is 0.492 e. The van der Waals surface area contributed by atoms with E-state index in [2.05, 4.69) is 22.9 Å². The van der Waals surface area contributed by atoms with Gasteiger partial charge in [0.05, 0.1) is 24.1 Å². The molecule has 3 aromatic rings. The molecule has 0 spiro atoms. The zero-order valence-corrected chi connectivity index (χ0v) is 20.3. The lowest BCUT2D eigenvalue weighted by molar-refractivity contribution is -0.123. The second-order valence-corrected chi connectivity index (χ2v) is 10.1. The first-order valence-electron chi connectivity index (χ1n) is 10.9. The van der Waals surface area contributed by atoms with E-state index in [1.165, 1.54) is 11.8 Å². The maximum atomic E-state index is 13.1. The van der Waals surface area contributed by atoms with E-state index in [0.717, 1.165) is 41.7 Å². The van der Waals surface area contributed by atoms with Crippen LogP contribution in [0.1, 0.15) is 18.4 Å². The van der Waals surface area contributed by atoms with Crippen molar-refractivity contribution in [2.75, 3.05) is 19.8 Å². The molecule has 2 aromatic carbocycles. The third-order valence-corrected chi connectivity index (χ3v) is 7.43. The van der Waals surface area contributed by atoms with Crippen LogP contribution in [0.2, 0.25) is 5.02 Å². The van der Waals surface area contributed by atoms with Gasteiger partial charge in [0.2, 0.25) is 0 Å². The van der Waals surface area contributed by atoms with E-state index in [-0.39, 0.29) is 12.0 Å². The molecule has 2 aliphatic rings. The number of amides is 1. The Bertz CT molecular complexity index is 1220. The minimum atomic E-state index is -0.0385. The highest BCUT2D eigenvalue weighted by Gasteiger charge is 2.34. The van der Waals surface area contributed by atoms with Crippen molar-refractivity contribution in [2.45, 2.75) is 25.5 Å². The van der Waals surface area contributed by atoms with Gasteiger partial charge in [0.15, 0.2) is 0 Å². The van der Waals surface area contributed by atoms with Crippen LogP contribution in [0, 0.1) is 0 Å². The summed E-state index contributed by atoms with van der Waals surface area (Å²) in [7, 11) is 0. The fourth-order valence-corrected chi connectivity index (χ4v) is 5.55. The minimum Gasteiger partial charge on any atom is -0.492 e. The number of aromatic nitrogens is 1. The molecular weight excluding hydrogens is 476 g/mol. The van der Waals surface area contributed by atoms with Crippen LogP contribution in [0.4, 0.5) is 0 Å².